The van der Waals surface area contributed by atoms with Crippen molar-refractivity contribution in [2.24, 2.45) is 5.73 Å². The van der Waals surface area contributed by atoms with E-state index in [2.05, 4.69) is 4.74 Å². The van der Waals surface area contributed by atoms with Gasteiger partial charge in [0.2, 0.25) is 5.72 Å². The molecule has 1 aliphatic rings. The Morgan fingerprint density at radius 3 is 2.36 bits per heavy atom. The molecule has 0 aliphatic carbocycles. The Bertz CT molecular complexity index is 162. The minimum atomic E-state index is -3.61. The van der Waals surface area contributed by atoms with Gasteiger partial charge < -0.3 is 14.9 Å². The smallest absolute Gasteiger partial charge is 0.320 e. The van der Waals surface area contributed by atoms with Crippen molar-refractivity contribution in [2.45, 2.75) is 17.8 Å². The van der Waals surface area contributed by atoms with Crippen LogP contribution in [0.15, 0.2) is 0 Å². The third kappa shape index (κ3) is 1.12. The summed E-state index contributed by atoms with van der Waals surface area (Å²) in [5, 5.41) is 17.3. The van der Waals surface area contributed by atoms with Crippen LogP contribution < -0.4 is 5.73 Å². The maximum atomic E-state index is 12.5. The van der Waals surface area contributed by atoms with Crippen LogP contribution in [0.1, 0.15) is 0 Å². The van der Waals surface area contributed by atoms with E-state index in [-0.39, 0.29) is 6.61 Å². The minimum Gasteiger partial charge on any atom is -0.393 e. The lowest BCUT2D eigenvalue weighted by Gasteiger charge is -2.26. The van der Waals surface area contributed by atoms with Crippen LogP contribution >= 0.6 is 0 Å². The maximum Gasteiger partial charge on any atom is 0.320 e. The standard InChI is InChI=1S/C5H8F2NO3/c6-4(7)2-11-3(1-9)5(4,8)10/h2-3,9-10H,1,8H2/t3-,5-/m1/s1. The van der Waals surface area contributed by atoms with Gasteiger partial charge in [0.15, 0.2) is 6.61 Å². The molecule has 0 aromatic rings. The Morgan fingerprint density at radius 1 is 1.64 bits per heavy atom. The molecule has 0 saturated carbocycles. The van der Waals surface area contributed by atoms with E-state index in [1.54, 1.807) is 0 Å². The Kier molecular flexibility index (Phi) is 1.87. The molecule has 1 heterocycles. The number of rotatable bonds is 1. The second kappa shape index (κ2) is 2.34. The summed E-state index contributed by atoms with van der Waals surface area (Å²) in [6, 6.07) is 0. The molecule has 1 saturated heterocycles. The molecule has 1 aliphatic heterocycles. The quantitative estimate of drug-likeness (QED) is 0.431. The fraction of sp³-hybridized carbons (Fsp3) is 0.800. The van der Waals surface area contributed by atoms with E-state index in [1.807, 2.05) is 0 Å². The maximum absolute atomic E-state index is 12.5. The van der Waals surface area contributed by atoms with Gasteiger partial charge in [-0.15, -0.1) is 0 Å². The predicted molar refractivity (Wildman–Crippen MR) is 30.3 cm³/mol. The summed E-state index contributed by atoms with van der Waals surface area (Å²) < 4.78 is 29.2. The van der Waals surface area contributed by atoms with Gasteiger partial charge in [-0.05, 0) is 0 Å². The van der Waals surface area contributed by atoms with Crippen LogP contribution in [0.2, 0.25) is 0 Å². The second-order valence-electron chi connectivity index (χ2n) is 2.37. The first-order valence-corrected chi connectivity index (χ1v) is 2.91. The number of aliphatic hydroxyl groups excluding tert-OH is 1. The molecule has 0 aromatic heterocycles. The first kappa shape index (κ1) is 8.79. The van der Waals surface area contributed by atoms with Crippen LogP contribution in [0.3, 0.4) is 0 Å². The fourth-order valence-electron chi connectivity index (χ4n) is 0.763. The van der Waals surface area contributed by atoms with Gasteiger partial charge >= 0.3 is 5.92 Å². The SMILES string of the molecule is N[C@@]1(O)[C@@H](CO)O[CH]C1(F)F. The first-order valence-electron chi connectivity index (χ1n) is 2.91. The van der Waals surface area contributed by atoms with E-state index in [1.165, 1.54) is 0 Å². The summed E-state index contributed by atoms with van der Waals surface area (Å²) in [4.78, 5) is 0. The number of nitrogens with two attached hydrogens (primary N) is 1. The summed E-state index contributed by atoms with van der Waals surface area (Å²) in [7, 11) is 0. The van der Waals surface area contributed by atoms with E-state index in [9.17, 15) is 8.78 Å². The summed E-state index contributed by atoms with van der Waals surface area (Å²) in [6.45, 7) is -0.618. The number of hydrogen-bond donors (Lipinski definition) is 3. The number of hydrogen-bond acceptors (Lipinski definition) is 4. The van der Waals surface area contributed by atoms with E-state index in [0.717, 1.165) is 0 Å². The van der Waals surface area contributed by atoms with Crippen molar-refractivity contribution in [3.05, 3.63) is 6.61 Å². The molecule has 0 spiro atoms. The molecule has 1 radical (unpaired) electrons. The molecular weight excluding hydrogens is 160 g/mol. The Hall–Kier alpha value is -0.300. The van der Waals surface area contributed by atoms with E-state index < -0.39 is 24.4 Å². The predicted octanol–water partition coefficient (Wildman–Crippen LogP) is -1.18. The average Bonchev–Trinajstić information content (AvgIpc) is 2.05. The van der Waals surface area contributed by atoms with Gasteiger partial charge in [0.1, 0.15) is 6.10 Å². The number of halogens is 2. The van der Waals surface area contributed by atoms with Gasteiger partial charge in [-0.1, -0.05) is 0 Å². The molecule has 0 unspecified atom stereocenters. The lowest BCUT2D eigenvalue weighted by Crippen LogP contribution is -2.59. The van der Waals surface area contributed by atoms with Gasteiger partial charge in [-0.3, -0.25) is 5.73 Å². The van der Waals surface area contributed by atoms with Crippen molar-refractivity contribution in [1.29, 1.82) is 0 Å². The normalized spacial score (nSPS) is 42.8. The molecule has 0 bridgehead atoms. The minimum absolute atomic E-state index is 0.133. The molecule has 4 nitrogen and oxygen atoms in total. The third-order valence-corrected chi connectivity index (χ3v) is 1.57. The summed E-state index contributed by atoms with van der Waals surface area (Å²) in [5.41, 5.74) is 2.00. The molecular formula is C5H8F2NO3. The Labute approximate surface area is 61.6 Å². The zero-order chi connectivity index (χ0) is 8.70. The monoisotopic (exact) mass is 168 g/mol. The zero-order valence-corrected chi connectivity index (χ0v) is 5.50. The lowest BCUT2D eigenvalue weighted by atomic mass is 10.0. The number of ether oxygens (including phenoxy) is 1. The van der Waals surface area contributed by atoms with Crippen molar-refractivity contribution in [3.8, 4) is 0 Å². The van der Waals surface area contributed by atoms with Gasteiger partial charge in [0.05, 0.1) is 6.61 Å². The van der Waals surface area contributed by atoms with Gasteiger partial charge in [-0.25, -0.2) is 0 Å². The lowest BCUT2D eigenvalue weighted by molar-refractivity contribution is -0.155. The van der Waals surface area contributed by atoms with Crippen molar-refractivity contribution in [3.63, 3.8) is 0 Å². The molecule has 1 fully saturated rings. The van der Waals surface area contributed by atoms with E-state index in [0.29, 0.717) is 0 Å². The van der Waals surface area contributed by atoms with Crippen molar-refractivity contribution < 1.29 is 23.7 Å². The summed E-state index contributed by atoms with van der Waals surface area (Å²) in [6.07, 6.45) is -1.46. The zero-order valence-electron chi connectivity index (χ0n) is 5.50. The van der Waals surface area contributed by atoms with Crippen molar-refractivity contribution in [1.82, 2.24) is 0 Å². The first-order chi connectivity index (χ1) is 4.92. The number of aliphatic hydroxyl groups is 2. The molecule has 2 atom stereocenters. The third-order valence-electron chi connectivity index (χ3n) is 1.57. The Balaban J connectivity index is 2.81. The van der Waals surface area contributed by atoms with Gasteiger partial charge in [-0.2, -0.15) is 8.78 Å². The van der Waals surface area contributed by atoms with Crippen LogP contribution in [-0.2, 0) is 4.74 Å². The average molecular weight is 168 g/mol. The fourth-order valence-corrected chi connectivity index (χ4v) is 0.763. The van der Waals surface area contributed by atoms with Crippen LogP contribution in [0.5, 0.6) is 0 Å². The molecule has 4 N–H and O–H groups in total. The highest BCUT2D eigenvalue weighted by molar-refractivity contribution is 5.05. The summed E-state index contributed by atoms with van der Waals surface area (Å²) >= 11 is 0. The van der Waals surface area contributed by atoms with Crippen molar-refractivity contribution >= 4 is 0 Å². The van der Waals surface area contributed by atoms with E-state index in [4.69, 9.17) is 15.9 Å². The summed E-state index contributed by atoms with van der Waals surface area (Å²) in [5.74, 6) is -3.61. The van der Waals surface area contributed by atoms with Gasteiger partial charge in [0, 0.05) is 0 Å². The van der Waals surface area contributed by atoms with Crippen LogP contribution in [-0.4, -0.2) is 34.6 Å². The molecule has 0 aromatic carbocycles. The molecule has 6 heteroatoms. The van der Waals surface area contributed by atoms with Gasteiger partial charge in [0.25, 0.3) is 0 Å². The van der Waals surface area contributed by atoms with Crippen LogP contribution in [0.4, 0.5) is 8.78 Å². The van der Waals surface area contributed by atoms with E-state index >= 15 is 0 Å². The number of alkyl halides is 2. The molecule has 11 heavy (non-hydrogen) atoms. The molecule has 0 amide bonds. The second-order valence-corrected chi connectivity index (χ2v) is 2.37. The largest absolute Gasteiger partial charge is 0.393 e. The Morgan fingerprint density at radius 2 is 2.18 bits per heavy atom. The molecule has 1 rings (SSSR count). The highest BCUT2D eigenvalue weighted by atomic mass is 19.3. The topological polar surface area (TPSA) is 75.7 Å². The van der Waals surface area contributed by atoms with Crippen molar-refractivity contribution in [2.75, 3.05) is 6.61 Å². The molecule has 65 valence electrons. The highest BCUT2D eigenvalue weighted by Crippen LogP contribution is 2.38. The highest BCUT2D eigenvalue weighted by Gasteiger charge is 2.61. The van der Waals surface area contributed by atoms with Crippen LogP contribution in [0.25, 0.3) is 0 Å². The van der Waals surface area contributed by atoms with Crippen LogP contribution in [0, 0.1) is 6.61 Å².